The molecule has 23 heavy (non-hydrogen) atoms. The summed E-state index contributed by atoms with van der Waals surface area (Å²) in [5, 5.41) is 1.79. The number of aldehydes is 1. The standard InChI is InChI=1S/C20H15NO2/c22-13-19-17-4-2-1-3-16(17)9-10-18(19)20(23)21-11-14-5-6-15(12-21)8-7-14/h1-10,13H,11-12H2. The van der Waals surface area contributed by atoms with Crippen LogP contribution in [0.3, 0.4) is 0 Å². The van der Waals surface area contributed by atoms with Gasteiger partial charge in [0.15, 0.2) is 6.29 Å². The zero-order valence-corrected chi connectivity index (χ0v) is 12.5. The monoisotopic (exact) mass is 301 g/mol. The first kappa shape index (κ1) is 13.7. The number of carbonyl (C=O) groups excluding carboxylic acids is 2. The molecule has 5 rings (SSSR count). The maximum Gasteiger partial charge on any atom is 0.255 e. The largest absolute Gasteiger partial charge is 0.330 e. The molecule has 0 saturated carbocycles. The lowest BCUT2D eigenvalue weighted by Gasteiger charge is -2.21. The van der Waals surface area contributed by atoms with Gasteiger partial charge in [0.05, 0.1) is 5.56 Å². The second-order valence-corrected chi connectivity index (χ2v) is 5.84. The maximum atomic E-state index is 13.0. The van der Waals surface area contributed by atoms with E-state index in [1.165, 1.54) is 0 Å². The quantitative estimate of drug-likeness (QED) is 0.675. The zero-order chi connectivity index (χ0) is 15.8. The van der Waals surface area contributed by atoms with E-state index < -0.39 is 0 Å². The van der Waals surface area contributed by atoms with Gasteiger partial charge in [-0.15, -0.1) is 0 Å². The van der Waals surface area contributed by atoms with E-state index in [0.717, 1.165) is 28.2 Å². The number of rotatable bonds is 2. The van der Waals surface area contributed by atoms with Crippen LogP contribution in [0.15, 0.2) is 60.7 Å². The Hall–Kier alpha value is -2.94. The third-order valence-corrected chi connectivity index (χ3v) is 4.38. The molecule has 0 spiro atoms. The molecule has 0 radical (unpaired) electrons. The Kier molecular flexibility index (Phi) is 3.19. The summed E-state index contributed by atoms with van der Waals surface area (Å²) < 4.78 is 0. The minimum absolute atomic E-state index is 0.0970. The van der Waals surface area contributed by atoms with Crippen molar-refractivity contribution in [1.82, 2.24) is 4.90 Å². The molecule has 3 aromatic rings. The molecule has 2 bridgehead atoms. The van der Waals surface area contributed by atoms with Gasteiger partial charge in [-0.25, -0.2) is 0 Å². The Morgan fingerprint density at radius 1 is 0.870 bits per heavy atom. The van der Waals surface area contributed by atoms with E-state index in [2.05, 4.69) is 0 Å². The van der Waals surface area contributed by atoms with Crippen LogP contribution in [0.5, 0.6) is 0 Å². The fourth-order valence-electron chi connectivity index (χ4n) is 3.17. The molecule has 0 saturated heterocycles. The molecule has 1 amide bonds. The predicted octanol–water partition coefficient (Wildman–Crippen LogP) is 3.81. The lowest BCUT2D eigenvalue weighted by Crippen LogP contribution is -2.29. The van der Waals surface area contributed by atoms with E-state index in [9.17, 15) is 9.59 Å². The minimum atomic E-state index is -0.0970. The van der Waals surface area contributed by atoms with Crippen molar-refractivity contribution in [1.29, 1.82) is 0 Å². The molecule has 0 atom stereocenters. The predicted molar refractivity (Wildman–Crippen MR) is 89.4 cm³/mol. The fourth-order valence-corrected chi connectivity index (χ4v) is 3.17. The molecule has 3 heteroatoms. The molecule has 112 valence electrons. The maximum absolute atomic E-state index is 13.0. The number of carbonyl (C=O) groups is 2. The van der Waals surface area contributed by atoms with Gasteiger partial charge in [-0.05, 0) is 28.0 Å². The molecular weight excluding hydrogens is 286 g/mol. The number of benzene rings is 3. The summed E-state index contributed by atoms with van der Waals surface area (Å²) in [6.45, 7) is 1.14. The SMILES string of the molecule is O=Cc1c(C(=O)N2Cc3ccc(cc3)C2)ccc2ccccc12. The van der Waals surface area contributed by atoms with Gasteiger partial charge in [0.25, 0.3) is 5.91 Å². The van der Waals surface area contributed by atoms with Crippen LogP contribution in [0, 0.1) is 0 Å². The first-order valence-electron chi connectivity index (χ1n) is 7.60. The van der Waals surface area contributed by atoms with Crippen molar-refractivity contribution in [2.75, 3.05) is 0 Å². The van der Waals surface area contributed by atoms with Gasteiger partial charge >= 0.3 is 0 Å². The molecule has 0 unspecified atom stereocenters. The third kappa shape index (κ3) is 2.30. The normalized spacial score (nSPS) is 13.1. The van der Waals surface area contributed by atoms with Crippen LogP contribution < -0.4 is 0 Å². The van der Waals surface area contributed by atoms with E-state index in [0.29, 0.717) is 24.2 Å². The highest BCUT2D eigenvalue weighted by Crippen LogP contribution is 2.25. The highest BCUT2D eigenvalue weighted by molar-refractivity contribution is 6.09. The number of hydrogen-bond acceptors (Lipinski definition) is 2. The lowest BCUT2D eigenvalue weighted by molar-refractivity contribution is 0.0731. The first-order valence-corrected chi connectivity index (χ1v) is 7.60. The molecule has 0 aromatic heterocycles. The summed E-state index contributed by atoms with van der Waals surface area (Å²) in [4.78, 5) is 26.4. The Balaban J connectivity index is 1.78. The fraction of sp³-hybridized carbons (Fsp3) is 0.100. The van der Waals surface area contributed by atoms with Crippen LogP contribution in [0.1, 0.15) is 31.8 Å². The highest BCUT2D eigenvalue weighted by Gasteiger charge is 2.22. The van der Waals surface area contributed by atoms with Gasteiger partial charge in [0, 0.05) is 18.7 Å². The Morgan fingerprint density at radius 3 is 2.17 bits per heavy atom. The summed E-state index contributed by atoms with van der Waals surface area (Å²) in [5.41, 5.74) is 3.16. The highest BCUT2D eigenvalue weighted by atomic mass is 16.2. The van der Waals surface area contributed by atoms with Gasteiger partial charge in [0.1, 0.15) is 0 Å². The summed E-state index contributed by atoms with van der Waals surface area (Å²) in [6.07, 6.45) is 0.790. The van der Waals surface area contributed by atoms with E-state index >= 15 is 0 Å². The summed E-state index contributed by atoms with van der Waals surface area (Å²) in [6, 6.07) is 19.5. The molecule has 3 nitrogen and oxygen atoms in total. The Labute approximate surface area is 134 Å². The average Bonchev–Trinajstić information content (AvgIpc) is 2.94. The molecule has 3 aromatic carbocycles. The average molecular weight is 301 g/mol. The van der Waals surface area contributed by atoms with Crippen molar-refractivity contribution in [3.8, 4) is 0 Å². The summed E-state index contributed by atoms with van der Waals surface area (Å²) in [7, 11) is 0. The molecule has 2 aliphatic rings. The van der Waals surface area contributed by atoms with Crippen molar-refractivity contribution >= 4 is 23.0 Å². The molecule has 2 heterocycles. The second kappa shape index (κ2) is 5.36. The van der Waals surface area contributed by atoms with Crippen LogP contribution in [0.25, 0.3) is 10.8 Å². The van der Waals surface area contributed by atoms with Crippen LogP contribution in [0.4, 0.5) is 0 Å². The van der Waals surface area contributed by atoms with Crippen LogP contribution in [-0.4, -0.2) is 17.1 Å². The van der Waals surface area contributed by atoms with Crippen LogP contribution >= 0.6 is 0 Å². The van der Waals surface area contributed by atoms with Gasteiger partial charge in [-0.3, -0.25) is 9.59 Å². The van der Waals surface area contributed by atoms with Crippen LogP contribution in [0.2, 0.25) is 0 Å². The number of fused-ring (bicyclic) bond motifs is 5. The summed E-state index contributed by atoms with van der Waals surface area (Å²) >= 11 is 0. The Bertz CT molecular complexity index is 888. The van der Waals surface area contributed by atoms with Crippen LogP contribution in [-0.2, 0) is 13.1 Å². The van der Waals surface area contributed by atoms with Gasteiger partial charge in [-0.1, -0.05) is 54.6 Å². The molecule has 0 aliphatic carbocycles. The van der Waals surface area contributed by atoms with E-state index in [1.54, 1.807) is 11.0 Å². The minimum Gasteiger partial charge on any atom is -0.330 e. The number of amides is 1. The topological polar surface area (TPSA) is 37.4 Å². The lowest BCUT2D eigenvalue weighted by atomic mass is 9.99. The van der Waals surface area contributed by atoms with Crippen molar-refractivity contribution in [2.45, 2.75) is 13.1 Å². The Morgan fingerprint density at radius 2 is 1.52 bits per heavy atom. The van der Waals surface area contributed by atoms with Crippen molar-refractivity contribution in [3.05, 3.63) is 82.9 Å². The molecule has 2 aliphatic heterocycles. The number of nitrogens with zero attached hydrogens (tertiary/aromatic N) is 1. The van der Waals surface area contributed by atoms with E-state index in [1.807, 2.05) is 54.6 Å². The van der Waals surface area contributed by atoms with E-state index in [4.69, 9.17) is 0 Å². The third-order valence-electron chi connectivity index (χ3n) is 4.38. The van der Waals surface area contributed by atoms with Crippen molar-refractivity contribution in [3.63, 3.8) is 0 Å². The van der Waals surface area contributed by atoms with Crippen molar-refractivity contribution in [2.24, 2.45) is 0 Å². The van der Waals surface area contributed by atoms with Gasteiger partial charge in [-0.2, -0.15) is 0 Å². The molecule has 0 fully saturated rings. The molecular formula is C20H15NO2. The smallest absolute Gasteiger partial charge is 0.255 e. The van der Waals surface area contributed by atoms with Gasteiger partial charge < -0.3 is 4.90 Å². The second-order valence-electron chi connectivity index (χ2n) is 5.84. The van der Waals surface area contributed by atoms with Crippen molar-refractivity contribution < 1.29 is 9.59 Å². The zero-order valence-electron chi connectivity index (χ0n) is 12.5. The van der Waals surface area contributed by atoms with E-state index in [-0.39, 0.29) is 5.91 Å². The molecule has 0 N–H and O–H groups in total. The first-order chi connectivity index (χ1) is 11.3. The van der Waals surface area contributed by atoms with Gasteiger partial charge in [0.2, 0.25) is 0 Å². The number of hydrogen-bond donors (Lipinski definition) is 0. The summed E-state index contributed by atoms with van der Waals surface area (Å²) in [5.74, 6) is -0.0970.